The molecule has 0 radical (unpaired) electrons. The number of benzene rings is 2. The first-order valence-corrected chi connectivity index (χ1v) is 18.4. The number of aliphatic imine (C=N–C) groups is 1. The molecule has 2 aliphatic rings. The maximum atomic E-state index is 15.2. The maximum Gasteiger partial charge on any atom is 0.434 e. The van der Waals surface area contributed by atoms with Crippen molar-refractivity contribution in [1.82, 2.24) is 10.2 Å². The average molecular weight is 679 g/mol. The van der Waals surface area contributed by atoms with Crippen molar-refractivity contribution in [3.05, 3.63) is 64.7 Å². The number of rotatable bonds is 7. The lowest BCUT2D eigenvalue weighted by molar-refractivity contribution is -0.148. The summed E-state index contributed by atoms with van der Waals surface area (Å²) in [7, 11) is -2.61. The Bertz CT molecular complexity index is 1500. The molecule has 0 spiro atoms. The minimum Gasteiger partial charge on any atom is -0.463 e. The largest absolute Gasteiger partial charge is 0.463 e. The Hall–Kier alpha value is -3.55. The Morgan fingerprint density at radius 2 is 1.85 bits per heavy atom. The number of carbonyl (C=O) groups excluding carboxylic acids is 2. The quantitative estimate of drug-likeness (QED) is 0.256. The molecule has 4 rings (SSSR count). The summed E-state index contributed by atoms with van der Waals surface area (Å²) in [4.78, 5) is 43.1. The number of alkyl halides is 2. The van der Waals surface area contributed by atoms with Crippen LogP contribution in [0.3, 0.4) is 0 Å². The zero-order chi connectivity index (χ0) is 34.1. The molecule has 46 heavy (non-hydrogen) atoms. The van der Waals surface area contributed by atoms with Gasteiger partial charge in [0.1, 0.15) is 12.7 Å². The molecule has 1 aliphatic heterocycles. The zero-order valence-electron chi connectivity index (χ0n) is 26.8. The second-order valence-corrected chi connectivity index (χ2v) is 18.7. The molecule has 1 heterocycles. The van der Waals surface area contributed by atoms with Gasteiger partial charge in [-0.1, -0.05) is 74.8 Å². The molecule has 1 saturated carbocycles. The molecular weight excluding hydrogens is 638 g/mol. The molecule has 0 aromatic heterocycles. The number of hydrogen-bond donors (Lipinski definition) is 3. The van der Waals surface area contributed by atoms with Crippen LogP contribution >= 0.6 is 11.6 Å². The van der Waals surface area contributed by atoms with Gasteiger partial charge in [0.25, 0.3) is 5.92 Å². The summed E-state index contributed by atoms with van der Waals surface area (Å²) >= 11 is 6.74. The third kappa shape index (κ3) is 7.87. The van der Waals surface area contributed by atoms with Crippen molar-refractivity contribution in [1.29, 1.82) is 0 Å². The van der Waals surface area contributed by atoms with Crippen molar-refractivity contribution in [2.75, 3.05) is 5.32 Å². The number of halogens is 3. The van der Waals surface area contributed by atoms with Gasteiger partial charge >= 0.3 is 12.2 Å². The summed E-state index contributed by atoms with van der Waals surface area (Å²) in [6.45, 7) is 11.3. The van der Waals surface area contributed by atoms with Gasteiger partial charge in [-0.2, -0.15) is 0 Å². The van der Waals surface area contributed by atoms with E-state index in [2.05, 4.69) is 15.6 Å². The second kappa shape index (κ2) is 13.3. The summed E-state index contributed by atoms with van der Waals surface area (Å²) in [6.07, 6.45) is -4.75. The van der Waals surface area contributed by atoms with Crippen molar-refractivity contribution in [2.45, 2.75) is 102 Å². The molecule has 1 saturated heterocycles. The molecule has 3 atom stereocenters. The van der Waals surface area contributed by atoms with Crippen LogP contribution in [0.5, 0.6) is 0 Å². The van der Waals surface area contributed by atoms with Gasteiger partial charge in [0.05, 0.1) is 22.7 Å². The van der Waals surface area contributed by atoms with Crippen LogP contribution in [-0.4, -0.2) is 60.4 Å². The Morgan fingerprint density at radius 3 is 2.48 bits per heavy atom. The van der Waals surface area contributed by atoms with Gasteiger partial charge in [-0.15, -0.1) is 4.99 Å². The van der Waals surface area contributed by atoms with E-state index in [9.17, 15) is 19.5 Å². The summed E-state index contributed by atoms with van der Waals surface area (Å²) in [5.41, 5.74) is 0.131. The highest BCUT2D eigenvalue weighted by atomic mass is 35.5. The highest BCUT2D eigenvalue weighted by Crippen LogP contribution is 2.45. The predicted octanol–water partition coefficient (Wildman–Crippen LogP) is 7.74. The van der Waals surface area contributed by atoms with Crippen LogP contribution in [0.2, 0.25) is 23.2 Å². The third-order valence-electron chi connectivity index (χ3n) is 9.01. The Kier molecular flexibility index (Phi) is 10.2. The van der Waals surface area contributed by atoms with Gasteiger partial charge in [-0.3, -0.25) is 15.0 Å². The highest BCUT2D eigenvalue weighted by Gasteiger charge is 2.53. The monoisotopic (exact) mass is 678 g/mol. The normalized spacial score (nSPS) is 24.3. The fourth-order valence-electron chi connectivity index (χ4n) is 5.45. The molecular formula is C32H41ClF2N4O6Si. The maximum absolute atomic E-state index is 15.2. The lowest BCUT2D eigenvalue weighted by Gasteiger charge is -2.49. The topological polar surface area (TPSA) is 130 Å². The molecule has 0 unspecified atom stereocenters. The van der Waals surface area contributed by atoms with Crippen LogP contribution in [0.15, 0.2) is 53.5 Å². The highest BCUT2D eigenvalue weighted by molar-refractivity contribution is 6.74. The van der Waals surface area contributed by atoms with Crippen molar-refractivity contribution < 1.29 is 37.4 Å². The van der Waals surface area contributed by atoms with E-state index in [1.165, 1.54) is 4.90 Å². The average Bonchev–Trinajstić information content (AvgIpc) is 2.94. The number of guanidine groups is 1. The number of nitrogens with zero attached hydrogens (tertiary/aromatic N) is 2. The molecule has 1 aliphatic carbocycles. The van der Waals surface area contributed by atoms with Crippen molar-refractivity contribution in [2.24, 2.45) is 4.99 Å². The smallest absolute Gasteiger partial charge is 0.434 e. The Labute approximate surface area is 273 Å². The van der Waals surface area contributed by atoms with Crippen LogP contribution in [0.25, 0.3) is 0 Å². The van der Waals surface area contributed by atoms with E-state index < -0.39 is 56.4 Å². The van der Waals surface area contributed by atoms with E-state index in [0.717, 1.165) is 5.56 Å². The van der Waals surface area contributed by atoms with Gasteiger partial charge in [0.2, 0.25) is 11.9 Å². The van der Waals surface area contributed by atoms with Crippen LogP contribution < -0.4 is 10.6 Å². The molecule has 2 aromatic rings. The van der Waals surface area contributed by atoms with Crippen LogP contribution in [-0.2, 0) is 26.1 Å². The van der Waals surface area contributed by atoms with Gasteiger partial charge < -0.3 is 19.6 Å². The molecule has 10 nitrogen and oxygen atoms in total. The Balaban J connectivity index is 1.57. The fraction of sp³-hybridized carbons (Fsp3) is 0.500. The second-order valence-electron chi connectivity index (χ2n) is 13.5. The molecule has 3 N–H and O–H groups in total. The minimum absolute atomic E-state index is 0.0392. The molecule has 250 valence electrons. The first kappa shape index (κ1) is 35.3. The number of hydrogen-bond acceptors (Lipinski definition) is 5. The molecule has 3 amide bonds. The van der Waals surface area contributed by atoms with E-state index in [1.54, 1.807) is 25.1 Å². The lowest BCUT2D eigenvalue weighted by Crippen LogP contribution is -2.64. The van der Waals surface area contributed by atoms with Gasteiger partial charge in [-0.25, -0.2) is 18.4 Å². The van der Waals surface area contributed by atoms with Crippen LogP contribution in [0.4, 0.5) is 24.1 Å². The van der Waals surface area contributed by atoms with Crippen molar-refractivity contribution in [3.8, 4) is 0 Å². The molecule has 14 heteroatoms. The predicted molar refractivity (Wildman–Crippen MR) is 174 cm³/mol. The first-order chi connectivity index (χ1) is 21.3. The zero-order valence-corrected chi connectivity index (χ0v) is 28.6. The third-order valence-corrected chi connectivity index (χ3v) is 13.9. The Morgan fingerprint density at radius 1 is 1.17 bits per heavy atom. The summed E-state index contributed by atoms with van der Waals surface area (Å²) < 4.78 is 41.8. The van der Waals surface area contributed by atoms with Crippen LogP contribution in [0.1, 0.15) is 64.5 Å². The summed E-state index contributed by atoms with van der Waals surface area (Å²) in [6, 6.07) is 13.2. The minimum atomic E-state index is -3.11. The van der Waals surface area contributed by atoms with E-state index in [-0.39, 0.29) is 47.6 Å². The van der Waals surface area contributed by atoms with Crippen LogP contribution in [0, 0.1) is 0 Å². The number of carbonyl (C=O) groups is 3. The SMILES string of the molecule is CC(C)(C)[Si](C)(C)O[C@@H]1C[C@H](N2C(=O)C[C@@](C)(c3cccc(NC(=O)OCc4ccccc4)c3Cl)N/C2=N\C(=O)O)CCC1(F)F. The molecule has 2 aromatic carbocycles. The van der Waals surface area contributed by atoms with E-state index in [1.807, 2.05) is 64.2 Å². The van der Waals surface area contributed by atoms with Crippen molar-refractivity contribution >= 4 is 49.7 Å². The number of ether oxygens (including phenoxy) is 1. The molecule has 2 fully saturated rings. The van der Waals surface area contributed by atoms with E-state index >= 15 is 8.78 Å². The van der Waals surface area contributed by atoms with Gasteiger partial charge in [-0.05, 0) is 55.1 Å². The number of anilines is 1. The summed E-state index contributed by atoms with van der Waals surface area (Å²) in [5, 5.41) is 15.1. The number of amides is 3. The lowest BCUT2D eigenvalue weighted by atomic mass is 9.84. The van der Waals surface area contributed by atoms with E-state index in [0.29, 0.717) is 5.56 Å². The standard InChI is InChI=1S/C32H41ClF2N4O6Si/c1-30(2,3)46(5,6)45-24-17-21(15-16-32(24,34)35)39-25(40)18-31(4,38-27(39)37-28(41)42)22-13-10-14-23(26(22)33)36-29(43)44-19-20-11-8-7-9-12-20/h7-14,21,24H,15-19H2,1-6H3,(H,36,43)(H,37,38)(H,41,42)/t21-,24-,31+/m1/s1. The first-order valence-electron chi connectivity index (χ1n) is 15.1. The fourth-order valence-corrected chi connectivity index (χ4v) is 7.17. The van der Waals surface area contributed by atoms with E-state index in [4.69, 9.17) is 20.8 Å². The van der Waals surface area contributed by atoms with Crippen molar-refractivity contribution in [3.63, 3.8) is 0 Å². The number of carboxylic acid groups (broad SMARTS) is 1. The summed E-state index contributed by atoms with van der Waals surface area (Å²) in [5.74, 6) is -3.91. The molecule has 0 bridgehead atoms. The van der Waals surface area contributed by atoms with Gasteiger partial charge in [0.15, 0.2) is 8.32 Å². The number of nitrogens with one attached hydrogen (secondary N) is 2. The van der Waals surface area contributed by atoms with Gasteiger partial charge in [0, 0.05) is 12.5 Å².